The van der Waals surface area contributed by atoms with Gasteiger partial charge in [-0.3, -0.25) is 4.79 Å². The van der Waals surface area contributed by atoms with Crippen molar-refractivity contribution in [3.63, 3.8) is 0 Å². The normalized spacial score (nSPS) is 10.9. The van der Waals surface area contributed by atoms with Crippen LogP contribution in [0.1, 0.15) is 16.7 Å². The molecule has 0 aliphatic rings. The summed E-state index contributed by atoms with van der Waals surface area (Å²) in [6, 6.07) is 21.8. The van der Waals surface area contributed by atoms with Gasteiger partial charge in [-0.15, -0.1) is 0 Å². The lowest BCUT2D eigenvalue weighted by Crippen LogP contribution is -2.14. The number of carbonyl (C=O) groups excluding carboxylic acids is 1. The van der Waals surface area contributed by atoms with Crippen LogP contribution in [-0.4, -0.2) is 5.91 Å². The maximum absolute atomic E-state index is 12.4. The van der Waals surface area contributed by atoms with Crippen molar-refractivity contribution in [1.82, 2.24) is 0 Å². The molecule has 0 atom stereocenters. The molecule has 0 spiro atoms. The highest BCUT2D eigenvalue weighted by atomic mass is 35.5. The number of halogens is 2. The molecular weight excluding hydrogens is 419 g/mol. The lowest BCUT2D eigenvalue weighted by atomic mass is 10.1. The lowest BCUT2D eigenvalue weighted by molar-refractivity contribution is -0.112. The van der Waals surface area contributed by atoms with Gasteiger partial charge in [0.25, 0.3) is 5.91 Å². The third-order valence-electron chi connectivity index (χ3n) is 4.34. The molecule has 3 rings (SSSR count). The minimum atomic E-state index is -0.452. The number of aryl methyl sites for hydroxylation is 1. The zero-order chi connectivity index (χ0) is 21.5. The van der Waals surface area contributed by atoms with Crippen molar-refractivity contribution in [3.8, 4) is 11.8 Å². The number of nitrogens with zero attached hydrogens (tertiary/aromatic N) is 1. The number of carbonyl (C=O) groups is 1. The Kier molecular flexibility index (Phi) is 7.13. The summed E-state index contributed by atoms with van der Waals surface area (Å²) in [4.78, 5) is 12.4. The fourth-order valence-corrected chi connectivity index (χ4v) is 3.00. The van der Waals surface area contributed by atoms with E-state index in [2.05, 4.69) is 5.32 Å². The van der Waals surface area contributed by atoms with E-state index in [1.165, 1.54) is 6.08 Å². The van der Waals surface area contributed by atoms with Crippen molar-refractivity contribution in [2.75, 3.05) is 5.32 Å². The summed E-state index contributed by atoms with van der Waals surface area (Å²) in [5, 5.41) is 13.1. The number of hydrogen-bond donors (Lipinski definition) is 1. The third-order valence-corrected chi connectivity index (χ3v) is 5.08. The molecule has 3 aromatic carbocycles. The highest BCUT2D eigenvalue weighted by molar-refractivity contribution is 6.42. The molecule has 0 heterocycles. The van der Waals surface area contributed by atoms with Gasteiger partial charge < -0.3 is 10.1 Å². The molecule has 4 nitrogen and oxygen atoms in total. The van der Waals surface area contributed by atoms with Gasteiger partial charge in [-0.2, -0.15) is 5.26 Å². The highest BCUT2D eigenvalue weighted by Crippen LogP contribution is 2.24. The SMILES string of the molecule is Cc1ccccc1NC(=O)/C(C#N)=C\c1ccc(OCc2ccc(Cl)c(Cl)c2)cc1. The number of rotatable bonds is 6. The first-order valence-corrected chi connectivity index (χ1v) is 9.87. The molecule has 0 fully saturated rings. The molecule has 0 bridgehead atoms. The Morgan fingerprint density at radius 3 is 2.47 bits per heavy atom. The number of para-hydroxylation sites is 1. The van der Waals surface area contributed by atoms with E-state index in [-0.39, 0.29) is 5.57 Å². The van der Waals surface area contributed by atoms with Gasteiger partial charge in [-0.05, 0) is 60.0 Å². The fraction of sp³-hybridized carbons (Fsp3) is 0.0833. The average molecular weight is 437 g/mol. The van der Waals surface area contributed by atoms with Crippen molar-refractivity contribution in [1.29, 1.82) is 5.26 Å². The minimum Gasteiger partial charge on any atom is -0.489 e. The maximum Gasteiger partial charge on any atom is 0.266 e. The molecular formula is C24H18Cl2N2O2. The van der Waals surface area contributed by atoms with E-state index in [1.807, 2.05) is 37.3 Å². The quantitative estimate of drug-likeness (QED) is 0.357. The van der Waals surface area contributed by atoms with Crippen LogP contribution in [0.5, 0.6) is 5.75 Å². The first kappa shape index (κ1) is 21.4. The number of amides is 1. The Labute approximate surface area is 185 Å². The molecule has 0 aliphatic heterocycles. The molecule has 0 saturated carbocycles. The Bertz CT molecular complexity index is 1130. The van der Waals surface area contributed by atoms with Gasteiger partial charge in [0.1, 0.15) is 24.0 Å². The summed E-state index contributed by atoms with van der Waals surface area (Å²) in [5.74, 6) is 0.202. The number of ether oxygens (including phenoxy) is 1. The van der Waals surface area contributed by atoms with Crippen LogP contribution in [-0.2, 0) is 11.4 Å². The Hall–Kier alpha value is -3.26. The molecule has 30 heavy (non-hydrogen) atoms. The molecule has 0 aromatic heterocycles. The van der Waals surface area contributed by atoms with Crippen molar-refractivity contribution >= 4 is 40.9 Å². The molecule has 3 aromatic rings. The van der Waals surface area contributed by atoms with Crippen LogP contribution < -0.4 is 10.1 Å². The van der Waals surface area contributed by atoms with E-state index < -0.39 is 5.91 Å². The molecule has 0 unspecified atom stereocenters. The van der Waals surface area contributed by atoms with Gasteiger partial charge >= 0.3 is 0 Å². The zero-order valence-electron chi connectivity index (χ0n) is 16.2. The maximum atomic E-state index is 12.4. The zero-order valence-corrected chi connectivity index (χ0v) is 17.7. The molecule has 0 aliphatic carbocycles. The van der Waals surface area contributed by atoms with Crippen molar-refractivity contribution in [2.24, 2.45) is 0 Å². The van der Waals surface area contributed by atoms with E-state index in [1.54, 1.807) is 42.5 Å². The van der Waals surface area contributed by atoms with Crippen LogP contribution in [0.4, 0.5) is 5.69 Å². The predicted molar refractivity (Wildman–Crippen MR) is 121 cm³/mol. The van der Waals surface area contributed by atoms with E-state index in [9.17, 15) is 10.1 Å². The standard InChI is InChI=1S/C24H18Cl2N2O2/c1-16-4-2-3-5-23(16)28-24(29)19(14-27)12-17-6-9-20(10-7-17)30-15-18-8-11-21(25)22(26)13-18/h2-13H,15H2,1H3,(H,28,29)/b19-12-. The van der Waals surface area contributed by atoms with Crippen LogP contribution in [0.2, 0.25) is 10.0 Å². The van der Waals surface area contributed by atoms with Gasteiger partial charge in [0.05, 0.1) is 10.0 Å². The van der Waals surface area contributed by atoms with Crippen LogP contribution in [0.15, 0.2) is 72.3 Å². The third kappa shape index (κ3) is 5.64. The summed E-state index contributed by atoms with van der Waals surface area (Å²) in [7, 11) is 0. The Morgan fingerprint density at radius 2 is 1.80 bits per heavy atom. The second kappa shape index (κ2) is 9.98. The van der Waals surface area contributed by atoms with Gasteiger partial charge in [-0.1, -0.05) is 59.6 Å². The molecule has 1 N–H and O–H groups in total. The first-order valence-electron chi connectivity index (χ1n) is 9.12. The summed E-state index contributed by atoms with van der Waals surface area (Å²) in [6.45, 7) is 2.23. The lowest BCUT2D eigenvalue weighted by Gasteiger charge is -2.08. The summed E-state index contributed by atoms with van der Waals surface area (Å²) in [6.07, 6.45) is 1.54. The van der Waals surface area contributed by atoms with E-state index in [0.717, 1.165) is 11.1 Å². The topological polar surface area (TPSA) is 62.1 Å². The van der Waals surface area contributed by atoms with Gasteiger partial charge in [0.2, 0.25) is 0 Å². The highest BCUT2D eigenvalue weighted by Gasteiger charge is 2.10. The van der Waals surface area contributed by atoms with Crippen LogP contribution in [0.3, 0.4) is 0 Å². The number of benzene rings is 3. The Morgan fingerprint density at radius 1 is 1.07 bits per heavy atom. The smallest absolute Gasteiger partial charge is 0.266 e. The summed E-state index contributed by atoms with van der Waals surface area (Å²) >= 11 is 11.9. The number of nitriles is 1. The largest absolute Gasteiger partial charge is 0.489 e. The van der Waals surface area contributed by atoms with E-state index in [4.69, 9.17) is 27.9 Å². The fourth-order valence-electron chi connectivity index (χ4n) is 2.67. The first-order chi connectivity index (χ1) is 14.5. The van der Waals surface area contributed by atoms with Crippen molar-refractivity contribution in [3.05, 3.63) is 99.0 Å². The van der Waals surface area contributed by atoms with Crippen LogP contribution >= 0.6 is 23.2 Å². The average Bonchev–Trinajstić information content (AvgIpc) is 2.75. The number of nitrogens with one attached hydrogen (secondary N) is 1. The van der Waals surface area contributed by atoms with Crippen LogP contribution in [0, 0.1) is 18.3 Å². The van der Waals surface area contributed by atoms with Gasteiger partial charge in [-0.25, -0.2) is 0 Å². The summed E-state index contributed by atoms with van der Waals surface area (Å²) < 4.78 is 5.75. The van der Waals surface area contributed by atoms with Gasteiger partial charge in [0.15, 0.2) is 0 Å². The van der Waals surface area contributed by atoms with E-state index in [0.29, 0.717) is 33.7 Å². The molecule has 150 valence electrons. The number of anilines is 1. The monoisotopic (exact) mass is 436 g/mol. The molecule has 0 saturated heterocycles. The molecule has 6 heteroatoms. The van der Waals surface area contributed by atoms with Crippen molar-refractivity contribution < 1.29 is 9.53 Å². The van der Waals surface area contributed by atoms with Crippen LogP contribution in [0.25, 0.3) is 6.08 Å². The second-order valence-electron chi connectivity index (χ2n) is 6.55. The Balaban J connectivity index is 1.66. The van der Waals surface area contributed by atoms with E-state index >= 15 is 0 Å². The molecule has 0 radical (unpaired) electrons. The van der Waals surface area contributed by atoms with Crippen molar-refractivity contribution in [2.45, 2.75) is 13.5 Å². The second-order valence-corrected chi connectivity index (χ2v) is 7.36. The summed E-state index contributed by atoms with van der Waals surface area (Å²) in [5.41, 5.74) is 3.23. The van der Waals surface area contributed by atoms with Gasteiger partial charge in [0, 0.05) is 5.69 Å². The minimum absolute atomic E-state index is 0.0164. The predicted octanol–water partition coefficient (Wildman–Crippen LogP) is 6.43. The number of hydrogen-bond acceptors (Lipinski definition) is 3. The molecule has 1 amide bonds.